The summed E-state index contributed by atoms with van der Waals surface area (Å²) in [6.07, 6.45) is 2.79. The van der Waals surface area contributed by atoms with Crippen LogP contribution in [0.4, 0.5) is 0 Å². The molecule has 8 heteroatoms. The number of ether oxygens (including phenoxy) is 1. The van der Waals surface area contributed by atoms with E-state index in [1.807, 2.05) is 0 Å². The minimum absolute atomic E-state index is 0.0985. The molecular weight excluding hydrogens is 248 g/mol. The number of aromatic nitrogens is 4. The zero-order valence-electron chi connectivity index (χ0n) is 8.66. The van der Waals surface area contributed by atoms with E-state index in [2.05, 4.69) is 15.1 Å². The summed E-state index contributed by atoms with van der Waals surface area (Å²) in [4.78, 5) is 18.5. The Kier molecular flexibility index (Phi) is 2.92. The highest BCUT2D eigenvalue weighted by Crippen LogP contribution is 2.18. The molecule has 2 heterocycles. The molecule has 0 aromatic carbocycles. The predicted octanol–water partition coefficient (Wildman–Crippen LogP) is 1.02. The number of aromatic carboxylic acids is 1. The molecule has 0 amide bonds. The Morgan fingerprint density at radius 2 is 2.35 bits per heavy atom. The van der Waals surface area contributed by atoms with Crippen molar-refractivity contribution in [1.82, 2.24) is 19.7 Å². The standard InChI is InChI=1S/C9H7ClN4O3/c1-17-9-11-4-5(10)7(12-9)14-3-2-6(13-14)8(15)16/h2-4H,1H3,(H,15,16). The normalized spacial score (nSPS) is 10.2. The first-order valence-electron chi connectivity index (χ1n) is 4.47. The fourth-order valence-corrected chi connectivity index (χ4v) is 1.34. The summed E-state index contributed by atoms with van der Waals surface area (Å²) in [5.74, 6) is -0.869. The summed E-state index contributed by atoms with van der Waals surface area (Å²) in [6.45, 7) is 0. The predicted molar refractivity (Wildman–Crippen MR) is 57.7 cm³/mol. The second-order valence-electron chi connectivity index (χ2n) is 2.98. The maximum Gasteiger partial charge on any atom is 0.356 e. The number of nitrogens with zero attached hydrogens (tertiary/aromatic N) is 4. The number of carboxylic acid groups (broad SMARTS) is 1. The van der Waals surface area contributed by atoms with Crippen LogP contribution in [0.25, 0.3) is 5.82 Å². The highest BCUT2D eigenvalue weighted by Gasteiger charge is 2.12. The van der Waals surface area contributed by atoms with Crippen LogP contribution in [-0.2, 0) is 0 Å². The molecule has 0 bridgehead atoms. The number of hydrogen-bond acceptors (Lipinski definition) is 5. The van der Waals surface area contributed by atoms with Gasteiger partial charge in [-0.2, -0.15) is 10.1 Å². The molecule has 0 aliphatic rings. The van der Waals surface area contributed by atoms with E-state index in [0.29, 0.717) is 0 Å². The summed E-state index contributed by atoms with van der Waals surface area (Å²) in [5.41, 5.74) is -0.0985. The molecule has 7 nitrogen and oxygen atoms in total. The van der Waals surface area contributed by atoms with Gasteiger partial charge in [0.15, 0.2) is 11.5 Å². The van der Waals surface area contributed by atoms with Crippen LogP contribution in [0.15, 0.2) is 18.5 Å². The van der Waals surface area contributed by atoms with Crippen LogP contribution in [0, 0.1) is 0 Å². The third-order valence-corrected chi connectivity index (χ3v) is 2.18. The van der Waals surface area contributed by atoms with Gasteiger partial charge < -0.3 is 9.84 Å². The summed E-state index contributed by atoms with van der Waals surface area (Å²) in [5, 5.41) is 12.8. The van der Waals surface area contributed by atoms with Gasteiger partial charge in [-0.3, -0.25) is 0 Å². The third-order valence-electron chi connectivity index (χ3n) is 1.91. The maximum absolute atomic E-state index is 10.7. The minimum Gasteiger partial charge on any atom is -0.476 e. The molecule has 0 aliphatic carbocycles. The molecule has 2 aromatic rings. The van der Waals surface area contributed by atoms with Crippen molar-refractivity contribution in [3.63, 3.8) is 0 Å². The number of carboxylic acids is 1. The van der Waals surface area contributed by atoms with Gasteiger partial charge >= 0.3 is 12.0 Å². The Labute approximate surface area is 101 Å². The van der Waals surface area contributed by atoms with E-state index in [9.17, 15) is 4.79 Å². The van der Waals surface area contributed by atoms with Gasteiger partial charge in [-0.15, -0.1) is 0 Å². The van der Waals surface area contributed by atoms with Gasteiger partial charge in [0.1, 0.15) is 5.02 Å². The summed E-state index contributed by atoms with van der Waals surface area (Å²) >= 11 is 5.89. The number of carbonyl (C=O) groups is 1. The molecule has 88 valence electrons. The number of hydrogen-bond donors (Lipinski definition) is 1. The average Bonchev–Trinajstić information content (AvgIpc) is 2.79. The molecule has 2 aromatic heterocycles. The van der Waals surface area contributed by atoms with E-state index in [-0.39, 0.29) is 22.5 Å². The Morgan fingerprint density at radius 3 is 2.94 bits per heavy atom. The van der Waals surface area contributed by atoms with Crippen molar-refractivity contribution in [1.29, 1.82) is 0 Å². The zero-order chi connectivity index (χ0) is 12.4. The topological polar surface area (TPSA) is 90.1 Å². The van der Waals surface area contributed by atoms with Crippen molar-refractivity contribution in [2.24, 2.45) is 0 Å². The lowest BCUT2D eigenvalue weighted by molar-refractivity contribution is 0.0690. The Morgan fingerprint density at radius 1 is 1.59 bits per heavy atom. The molecule has 0 atom stereocenters. The zero-order valence-corrected chi connectivity index (χ0v) is 9.42. The fraction of sp³-hybridized carbons (Fsp3) is 0.111. The summed E-state index contributed by atoms with van der Waals surface area (Å²) < 4.78 is 6.09. The van der Waals surface area contributed by atoms with Crippen molar-refractivity contribution in [2.45, 2.75) is 0 Å². The molecule has 0 spiro atoms. The number of rotatable bonds is 3. The molecule has 0 saturated heterocycles. The number of methoxy groups -OCH3 is 1. The number of halogens is 1. The SMILES string of the molecule is COc1ncc(Cl)c(-n2ccc(C(=O)O)n2)n1. The lowest BCUT2D eigenvalue weighted by Crippen LogP contribution is -2.05. The van der Waals surface area contributed by atoms with Crippen LogP contribution in [0.5, 0.6) is 6.01 Å². The highest BCUT2D eigenvalue weighted by molar-refractivity contribution is 6.32. The van der Waals surface area contributed by atoms with Crippen LogP contribution in [0.3, 0.4) is 0 Å². The van der Waals surface area contributed by atoms with E-state index in [4.69, 9.17) is 21.4 Å². The molecule has 2 rings (SSSR count). The van der Waals surface area contributed by atoms with Crippen LogP contribution in [0.1, 0.15) is 10.5 Å². The van der Waals surface area contributed by atoms with Crippen molar-refractivity contribution in [3.05, 3.63) is 29.2 Å². The van der Waals surface area contributed by atoms with Gasteiger partial charge in [0.25, 0.3) is 0 Å². The van der Waals surface area contributed by atoms with Crippen molar-refractivity contribution in [2.75, 3.05) is 7.11 Å². The first kappa shape index (κ1) is 11.3. The largest absolute Gasteiger partial charge is 0.476 e. The van der Waals surface area contributed by atoms with E-state index in [1.54, 1.807) is 0 Å². The Bertz CT molecular complexity index is 569. The molecule has 1 N–H and O–H groups in total. The Hall–Kier alpha value is -2.15. The monoisotopic (exact) mass is 254 g/mol. The maximum atomic E-state index is 10.7. The first-order valence-corrected chi connectivity index (χ1v) is 4.85. The molecular formula is C9H7ClN4O3. The summed E-state index contributed by atoms with van der Waals surface area (Å²) in [7, 11) is 1.42. The lowest BCUT2D eigenvalue weighted by Gasteiger charge is -2.04. The van der Waals surface area contributed by atoms with E-state index in [1.165, 1.54) is 30.3 Å². The molecule has 0 fully saturated rings. The quantitative estimate of drug-likeness (QED) is 0.880. The van der Waals surface area contributed by atoms with E-state index >= 15 is 0 Å². The second-order valence-corrected chi connectivity index (χ2v) is 3.39. The molecule has 0 saturated carbocycles. The third kappa shape index (κ3) is 2.18. The van der Waals surface area contributed by atoms with Crippen molar-refractivity contribution in [3.8, 4) is 11.8 Å². The molecule has 0 unspecified atom stereocenters. The van der Waals surface area contributed by atoms with Crippen LogP contribution in [0.2, 0.25) is 5.02 Å². The van der Waals surface area contributed by atoms with Crippen LogP contribution < -0.4 is 4.74 Å². The van der Waals surface area contributed by atoms with Gasteiger partial charge in [-0.25, -0.2) is 14.5 Å². The van der Waals surface area contributed by atoms with Crippen LogP contribution in [-0.4, -0.2) is 37.9 Å². The minimum atomic E-state index is -1.12. The second kappa shape index (κ2) is 4.38. The molecule has 0 radical (unpaired) electrons. The van der Waals surface area contributed by atoms with Gasteiger partial charge in [0.05, 0.1) is 13.3 Å². The lowest BCUT2D eigenvalue weighted by atomic mass is 10.5. The van der Waals surface area contributed by atoms with Gasteiger partial charge in [-0.1, -0.05) is 11.6 Å². The van der Waals surface area contributed by atoms with Gasteiger partial charge in [0, 0.05) is 6.20 Å². The Balaban J connectivity index is 2.47. The van der Waals surface area contributed by atoms with Crippen LogP contribution >= 0.6 is 11.6 Å². The summed E-state index contributed by atoms with van der Waals surface area (Å²) in [6, 6.07) is 1.46. The smallest absolute Gasteiger partial charge is 0.356 e. The van der Waals surface area contributed by atoms with E-state index in [0.717, 1.165) is 0 Å². The van der Waals surface area contributed by atoms with Gasteiger partial charge in [0.2, 0.25) is 0 Å². The molecule has 0 aliphatic heterocycles. The fourth-order valence-electron chi connectivity index (χ4n) is 1.16. The van der Waals surface area contributed by atoms with Gasteiger partial charge in [-0.05, 0) is 6.07 Å². The first-order chi connectivity index (χ1) is 8.11. The average molecular weight is 255 g/mol. The molecule has 17 heavy (non-hydrogen) atoms. The van der Waals surface area contributed by atoms with Crippen molar-refractivity contribution >= 4 is 17.6 Å². The highest BCUT2D eigenvalue weighted by atomic mass is 35.5. The van der Waals surface area contributed by atoms with Crippen molar-refractivity contribution < 1.29 is 14.6 Å². The van der Waals surface area contributed by atoms with E-state index < -0.39 is 5.97 Å².